The van der Waals surface area contributed by atoms with Crippen LogP contribution in [0.5, 0.6) is 0 Å². The van der Waals surface area contributed by atoms with Crippen LogP contribution < -0.4 is 10.2 Å². The Kier molecular flexibility index (Phi) is 6.14. The van der Waals surface area contributed by atoms with Crippen LogP contribution in [0.3, 0.4) is 0 Å². The van der Waals surface area contributed by atoms with E-state index in [0.717, 1.165) is 23.9 Å². The van der Waals surface area contributed by atoms with Crippen molar-refractivity contribution in [2.75, 3.05) is 11.9 Å². The molecule has 210 valence electrons. The quantitative estimate of drug-likeness (QED) is 0.342. The van der Waals surface area contributed by atoms with E-state index >= 15 is 0 Å². The Bertz CT molecular complexity index is 1470. The summed E-state index contributed by atoms with van der Waals surface area (Å²) in [4.78, 5) is 28.2. The lowest BCUT2D eigenvalue weighted by molar-refractivity contribution is -0.181. The number of hydrogen-bond acceptors (Lipinski definition) is 4. The maximum absolute atomic E-state index is 13.9. The van der Waals surface area contributed by atoms with Crippen LogP contribution in [0.2, 0.25) is 0 Å². The zero-order chi connectivity index (χ0) is 28.4. The second kappa shape index (κ2) is 9.23. The Hall–Kier alpha value is -3.59. The predicted octanol–water partition coefficient (Wildman–Crippen LogP) is 6.14. The van der Waals surface area contributed by atoms with Crippen molar-refractivity contribution in [3.05, 3.63) is 71.8 Å². The molecule has 0 heterocycles. The van der Waals surface area contributed by atoms with Crippen LogP contribution in [-0.2, 0) is 11.0 Å². The maximum atomic E-state index is 13.9. The summed E-state index contributed by atoms with van der Waals surface area (Å²) < 4.78 is 39.5. The minimum atomic E-state index is -4.47. The Morgan fingerprint density at radius 1 is 0.975 bits per heavy atom. The van der Waals surface area contributed by atoms with Gasteiger partial charge in [0, 0.05) is 23.5 Å². The Balaban J connectivity index is 1.38. The van der Waals surface area contributed by atoms with E-state index < -0.39 is 40.7 Å². The van der Waals surface area contributed by atoms with Crippen molar-refractivity contribution >= 4 is 34.0 Å². The molecule has 40 heavy (non-hydrogen) atoms. The van der Waals surface area contributed by atoms with Crippen LogP contribution in [0.1, 0.15) is 54.4 Å². The number of carbonyl (C=O) groups is 2. The number of nitrogens with zero attached hydrogens (tertiary/aromatic N) is 1. The van der Waals surface area contributed by atoms with Gasteiger partial charge in [-0.25, -0.2) is 4.79 Å². The van der Waals surface area contributed by atoms with E-state index in [4.69, 9.17) is 0 Å². The molecule has 4 aliphatic rings. The molecule has 6 nitrogen and oxygen atoms in total. The largest absolute Gasteiger partial charge is 0.480 e. The third-order valence-electron chi connectivity index (χ3n) is 9.27. The molecule has 4 aliphatic carbocycles. The first-order valence-corrected chi connectivity index (χ1v) is 13.6. The molecule has 3 N–H and O–H groups in total. The maximum Gasteiger partial charge on any atom is 0.416 e. The van der Waals surface area contributed by atoms with Gasteiger partial charge in [-0.3, -0.25) is 4.79 Å². The Morgan fingerprint density at radius 3 is 2.23 bits per heavy atom. The predicted molar refractivity (Wildman–Crippen MR) is 144 cm³/mol. The zero-order valence-corrected chi connectivity index (χ0v) is 22.0. The molecule has 0 radical (unpaired) electrons. The molecule has 3 aromatic carbocycles. The molecule has 0 spiro atoms. The lowest BCUT2D eigenvalue weighted by Crippen LogP contribution is -2.64. The summed E-state index contributed by atoms with van der Waals surface area (Å²) in [6.07, 6.45) is -0.482. The normalized spacial score (nSPS) is 27.9. The van der Waals surface area contributed by atoms with Gasteiger partial charge >= 0.3 is 12.1 Å². The molecule has 1 amide bonds. The van der Waals surface area contributed by atoms with Gasteiger partial charge in [-0.15, -0.1) is 0 Å². The number of aliphatic hydroxyl groups is 1. The highest BCUT2D eigenvalue weighted by Gasteiger charge is 2.61. The summed E-state index contributed by atoms with van der Waals surface area (Å²) in [6.45, 7) is 0. The SMILES string of the molecule is CN(c1ccc(C(F)(F)F)cc1)c1c(C(=O)N[C@H](C(=O)O)C23CC4CC(CC(O)(C4)C2)C3)ccc2ccccc12. The summed E-state index contributed by atoms with van der Waals surface area (Å²) in [5.74, 6) is -1.22. The summed E-state index contributed by atoms with van der Waals surface area (Å²) in [5, 5.41) is 25.9. The smallest absolute Gasteiger partial charge is 0.416 e. The third-order valence-corrected chi connectivity index (χ3v) is 9.27. The monoisotopic (exact) mass is 552 g/mol. The number of benzene rings is 3. The van der Waals surface area contributed by atoms with Crippen molar-refractivity contribution in [3.8, 4) is 0 Å². The molecule has 9 heteroatoms. The second-order valence-corrected chi connectivity index (χ2v) is 12.1. The standard InChI is InChI=1S/C31H31F3N2O4/c1-36(22-9-7-21(8-10-22)31(32,33)34)25-23-5-3-2-4-20(23)6-11-24(25)27(37)35-26(28(38)39)29-13-18-12-19(14-29)16-30(40,15-18)17-29/h2-11,18-19,26,40H,12-17H2,1H3,(H,35,37)(H,38,39)/t18?,19?,26-,29?,30?/m1/s1. The molecular formula is C31H31F3N2O4. The molecule has 3 aromatic rings. The van der Waals surface area contributed by atoms with Gasteiger partial charge in [0.2, 0.25) is 0 Å². The number of carboxylic acids is 1. The highest BCUT2D eigenvalue weighted by atomic mass is 19.4. The number of nitrogens with one attached hydrogen (secondary N) is 1. The summed E-state index contributed by atoms with van der Waals surface area (Å²) in [5.41, 5.74) is -1.27. The van der Waals surface area contributed by atoms with Crippen molar-refractivity contribution in [3.63, 3.8) is 0 Å². The van der Waals surface area contributed by atoms with Gasteiger partial charge in [0.15, 0.2) is 0 Å². The average Bonchev–Trinajstić information content (AvgIpc) is 2.88. The van der Waals surface area contributed by atoms with Crippen molar-refractivity contribution in [2.24, 2.45) is 17.3 Å². The van der Waals surface area contributed by atoms with Crippen LogP contribution in [-0.4, -0.2) is 40.8 Å². The first kappa shape index (κ1) is 26.6. The minimum absolute atomic E-state index is 0.218. The molecule has 2 unspecified atom stereocenters. The van der Waals surface area contributed by atoms with Crippen molar-refractivity contribution in [1.82, 2.24) is 5.32 Å². The van der Waals surface area contributed by atoms with E-state index in [1.165, 1.54) is 12.1 Å². The average molecular weight is 553 g/mol. The number of amides is 1. The number of anilines is 2. The van der Waals surface area contributed by atoms with Gasteiger partial charge in [0.05, 0.1) is 22.4 Å². The zero-order valence-electron chi connectivity index (χ0n) is 22.0. The fraction of sp³-hybridized carbons (Fsp3) is 0.419. The number of hydrogen-bond donors (Lipinski definition) is 3. The van der Waals surface area contributed by atoms with Gasteiger partial charge in [-0.05, 0) is 86.1 Å². The van der Waals surface area contributed by atoms with Gasteiger partial charge in [0.25, 0.3) is 5.91 Å². The molecule has 0 aromatic heterocycles. The number of halogens is 3. The summed E-state index contributed by atoms with van der Waals surface area (Å²) in [6, 6.07) is 14.3. The van der Waals surface area contributed by atoms with Crippen LogP contribution >= 0.6 is 0 Å². The molecule has 4 fully saturated rings. The van der Waals surface area contributed by atoms with Gasteiger partial charge in [0.1, 0.15) is 6.04 Å². The lowest BCUT2D eigenvalue weighted by atomic mass is 9.46. The van der Waals surface area contributed by atoms with E-state index in [1.807, 2.05) is 24.3 Å². The van der Waals surface area contributed by atoms with Gasteiger partial charge < -0.3 is 20.4 Å². The molecular weight excluding hydrogens is 521 g/mol. The topological polar surface area (TPSA) is 89.9 Å². The molecule has 0 saturated heterocycles. The van der Waals surface area contributed by atoms with Crippen molar-refractivity contribution < 1.29 is 33.0 Å². The molecule has 4 saturated carbocycles. The van der Waals surface area contributed by atoms with E-state index in [9.17, 15) is 33.0 Å². The highest BCUT2D eigenvalue weighted by molar-refractivity contribution is 6.10. The molecule has 3 atom stereocenters. The lowest BCUT2D eigenvalue weighted by Gasteiger charge is -2.61. The van der Waals surface area contributed by atoms with E-state index in [1.54, 1.807) is 24.1 Å². The van der Waals surface area contributed by atoms with E-state index in [0.29, 0.717) is 48.9 Å². The molecule has 7 rings (SSSR count). The number of carboxylic acid groups (broad SMARTS) is 1. The fourth-order valence-electron chi connectivity index (χ4n) is 8.11. The van der Waals surface area contributed by atoms with Gasteiger partial charge in [-0.2, -0.15) is 13.2 Å². The number of fused-ring (bicyclic) bond motifs is 1. The van der Waals surface area contributed by atoms with Crippen LogP contribution in [0.25, 0.3) is 10.8 Å². The van der Waals surface area contributed by atoms with E-state index in [-0.39, 0.29) is 17.4 Å². The number of carbonyl (C=O) groups excluding carboxylic acids is 1. The van der Waals surface area contributed by atoms with Crippen LogP contribution in [0.4, 0.5) is 24.5 Å². The third kappa shape index (κ3) is 4.50. The van der Waals surface area contributed by atoms with Crippen molar-refractivity contribution in [1.29, 1.82) is 0 Å². The minimum Gasteiger partial charge on any atom is -0.480 e. The summed E-state index contributed by atoms with van der Waals surface area (Å²) >= 11 is 0. The first-order valence-electron chi connectivity index (χ1n) is 13.6. The van der Waals surface area contributed by atoms with Crippen LogP contribution in [0, 0.1) is 17.3 Å². The van der Waals surface area contributed by atoms with Gasteiger partial charge in [-0.1, -0.05) is 30.3 Å². The van der Waals surface area contributed by atoms with E-state index in [2.05, 4.69) is 5.32 Å². The van der Waals surface area contributed by atoms with Crippen molar-refractivity contribution in [2.45, 2.75) is 56.3 Å². The van der Waals surface area contributed by atoms with Crippen LogP contribution in [0.15, 0.2) is 60.7 Å². The first-order chi connectivity index (χ1) is 18.9. The number of aliphatic carboxylic acids is 1. The molecule has 0 aliphatic heterocycles. The number of alkyl halides is 3. The summed E-state index contributed by atoms with van der Waals surface area (Å²) in [7, 11) is 1.67. The number of rotatable bonds is 6. The second-order valence-electron chi connectivity index (χ2n) is 12.1. The highest BCUT2D eigenvalue weighted by Crippen LogP contribution is 2.62. The Morgan fingerprint density at radius 2 is 1.62 bits per heavy atom. The molecule has 4 bridgehead atoms. The Labute approximate surface area is 229 Å². The fourth-order valence-corrected chi connectivity index (χ4v) is 8.11.